The predicted molar refractivity (Wildman–Crippen MR) is 125 cm³/mol. The number of rotatable bonds is 8. The molecule has 172 valence electrons. The molecule has 0 N–H and O–H groups in total. The monoisotopic (exact) mass is 448 g/mol. The van der Waals surface area contributed by atoms with Crippen LogP contribution in [0.25, 0.3) is 22.3 Å². The third-order valence-electron chi connectivity index (χ3n) is 5.55. The summed E-state index contributed by atoms with van der Waals surface area (Å²) in [6, 6.07) is 11.7. The number of ketones is 1. The number of unbranched alkanes of at least 4 members (excludes halogenated alkanes) is 1. The van der Waals surface area contributed by atoms with Gasteiger partial charge in [-0.3, -0.25) is 9.59 Å². The smallest absolute Gasteiger partial charge is 0.306 e. The standard InChI is InChI=1S/C27H29FN2O3/c1-27(2,3)33-24(31)7-5-4-6-22-25(17-10-13-20(28)14-11-17)30-21-15-12-19(16-23(21)29-22)26(32)18-8-9-18/h10-16,18H,4-9H2,1-3H3. The molecule has 1 heterocycles. The number of carbonyl (C=O) groups is 2. The van der Waals surface area contributed by atoms with Crippen LogP contribution in [0.5, 0.6) is 0 Å². The SMILES string of the molecule is CC(C)(C)OC(=O)CCCCc1nc2cc(C(=O)C3CC3)ccc2nc1-c1ccc(F)cc1. The first-order chi connectivity index (χ1) is 15.7. The summed E-state index contributed by atoms with van der Waals surface area (Å²) in [5.74, 6) is -0.217. The summed E-state index contributed by atoms with van der Waals surface area (Å²) in [7, 11) is 0. The predicted octanol–water partition coefficient (Wildman–Crippen LogP) is 6.08. The van der Waals surface area contributed by atoms with Crippen LogP contribution in [-0.4, -0.2) is 27.3 Å². The molecule has 1 saturated carbocycles. The zero-order valence-corrected chi connectivity index (χ0v) is 19.4. The van der Waals surface area contributed by atoms with E-state index in [1.165, 1.54) is 12.1 Å². The number of Topliss-reactive ketones (excluding diaryl/α,β-unsaturated/α-hetero) is 1. The van der Waals surface area contributed by atoms with Crippen LogP contribution in [0.2, 0.25) is 0 Å². The fourth-order valence-corrected chi connectivity index (χ4v) is 3.79. The minimum Gasteiger partial charge on any atom is -0.460 e. The van der Waals surface area contributed by atoms with Crippen LogP contribution in [0.3, 0.4) is 0 Å². The van der Waals surface area contributed by atoms with Crippen LogP contribution in [0.1, 0.15) is 68.9 Å². The normalized spacial score (nSPS) is 13.8. The first-order valence-electron chi connectivity index (χ1n) is 11.5. The van der Waals surface area contributed by atoms with Crippen LogP contribution in [-0.2, 0) is 16.0 Å². The molecular formula is C27H29FN2O3. The number of nitrogens with zero attached hydrogens (tertiary/aromatic N) is 2. The number of benzene rings is 2. The topological polar surface area (TPSA) is 69.2 Å². The first kappa shape index (κ1) is 23.0. The Morgan fingerprint density at radius 1 is 1.00 bits per heavy atom. The number of carbonyl (C=O) groups excluding carboxylic acids is 2. The molecule has 0 amide bonds. The van der Waals surface area contributed by atoms with Gasteiger partial charge in [-0.15, -0.1) is 0 Å². The van der Waals surface area contributed by atoms with E-state index in [0.29, 0.717) is 41.6 Å². The fraction of sp³-hybridized carbons (Fsp3) is 0.407. The van der Waals surface area contributed by atoms with Crippen LogP contribution < -0.4 is 0 Å². The van der Waals surface area contributed by atoms with Crippen molar-refractivity contribution >= 4 is 22.8 Å². The van der Waals surface area contributed by atoms with E-state index >= 15 is 0 Å². The highest BCUT2D eigenvalue weighted by molar-refractivity contribution is 6.01. The number of esters is 1. The van der Waals surface area contributed by atoms with Gasteiger partial charge in [0, 0.05) is 23.5 Å². The van der Waals surface area contributed by atoms with Crippen molar-refractivity contribution < 1.29 is 18.7 Å². The van der Waals surface area contributed by atoms with Crippen LogP contribution in [0, 0.1) is 11.7 Å². The molecule has 33 heavy (non-hydrogen) atoms. The molecule has 5 nitrogen and oxygen atoms in total. The third kappa shape index (κ3) is 6.01. The van der Waals surface area contributed by atoms with Crippen molar-refractivity contribution in [3.8, 4) is 11.3 Å². The number of aromatic nitrogens is 2. The number of aryl methyl sites for hydroxylation is 1. The summed E-state index contributed by atoms with van der Waals surface area (Å²) >= 11 is 0. The van der Waals surface area contributed by atoms with E-state index in [9.17, 15) is 14.0 Å². The van der Waals surface area contributed by atoms with Crippen LogP contribution >= 0.6 is 0 Å². The molecule has 1 fully saturated rings. The summed E-state index contributed by atoms with van der Waals surface area (Å²) in [6.45, 7) is 5.56. The second kappa shape index (κ2) is 9.38. The van der Waals surface area contributed by atoms with E-state index in [4.69, 9.17) is 14.7 Å². The number of hydrogen-bond acceptors (Lipinski definition) is 5. The van der Waals surface area contributed by atoms with Gasteiger partial charge in [0.15, 0.2) is 5.78 Å². The third-order valence-corrected chi connectivity index (χ3v) is 5.55. The Labute approximate surface area is 193 Å². The molecule has 0 spiro atoms. The van der Waals surface area contributed by atoms with Gasteiger partial charge in [-0.05, 0) is 95.3 Å². The highest BCUT2D eigenvalue weighted by Gasteiger charge is 2.30. The van der Waals surface area contributed by atoms with Gasteiger partial charge in [-0.2, -0.15) is 0 Å². The van der Waals surface area contributed by atoms with E-state index in [1.807, 2.05) is 39.0 Å². The van der Waals surface area contributed by atoms with Gasteiger partial charge in [0.25, 0.3) is 0 Å². The quantitative estimate of drug-likeness (QED) is 0.237. The molecule has 0 aliphatic heterocycles. The lowest BCUT2D eigenvalue weighted by Crippen LogP contribution is -2.23. The molecule has 0 radical (unpaired) electrons. The van der Waals surface area contributed by atoms with Crippen molar-refractivity contribution in [2.75, 3.05) is 0 Å². The van der Waals surface area contributed by atoms with E-state index < -0.39 is 5.60 Å². The summed E-state index contributed by atoms with van der Waals surface area (Å²) < 4.78 is 18.9. The molecule has 1 aliphatic rings. The lowest BCUT2D eigenvalue weighted by atomic mass is 10.0. The Balaban J connectivity index is 1.58. The van der Waals surface area contributed by atoms with Gasteiger partial charge < -0.3 is 4.74 Å². The van der Waals surface area contributed by atoms with Gasteiger partial charge in [-0.25, -0.2) is 14.4 Å². The van der Waals surface area contributed by atoms with Crippen molar-refractivity contribution in [3.05, 3.63) is 59.5 Å². The second-order valence-electron chi connectivity index (χ2n) is 9.66. The minimum atomic E-state index is -0.494. The van der Waals surface area contributed by atoms with Crippen LogP contribution in [0.15, 0.2) is 42.5 Å². The number of fused-ring (bicyclic) bond motifs is 1. The molecule has 1 aliphatic carbocycles. The zero-order valence-electron chi connectivity index (χ0n) is 19.4. The van der Waals surface area contributed by atoms with E-state index in [1.54, 1.807) is 12.1 Å². The van der Waals surface area contributed by atoms with Gasteiger partial charge in [0.05, 0.1) is 22.4 Å². The maximum atomic E-state index is 13.5. The van der Waals surface area contributed by atoms with Crippen LogP contribution in [0.4, 0.5) is 4.39 Å². The molecule has 3 aromatic rings. The second-order valence-corrected chi connectivity index (χ2v) is 9.66. The molecule has 1 aromatic heterocycles. The largest absolute Gasteiger partial charge is 0.460 e. The molecule has 0 unspecified atom stereocenters. The average Bonchev–Trinajstić information content (AvgIpc) is 3.60. The Bertz CT molecular complexity index is 1180. The Morgan fingerprint density at radius 2 is 1.73 bits per heavy atom. The summed E-state index contributed by atoms with van der Waals surface area (Å²) in [4.78, 5) is 34.2. The molecule has 0 saturated heterocycles. The molecule has 6 heteroatoms. The molecular weight excluding hydrogens is 419 g/mol. The van der Waals surface area contributed by atoms with Crippen molar-refractivity contribution in [1.29, 1.82) is 0 Å². The Kier molecular flexibility index (Phi) is 6.54. The minimum absolute atomic E-state index is 0.140. The Hall–Kier alpha value is -3.15. The lowest BCUT2D eigenvalue weighted by Gasteiger charge is -2.19. The van der Waals surface area contributed by atoms with Crippen molar-refractivity contribution in [3.63, 3.8) is 0 Å². The maximum absolute atomic E-state index is 13.5. The number of halogens is 1. The highest BCUT2D eigenvalue weighted by atomic mass is 19.1. The van der Waals surface area contributed by atoms with Gasteiger partial charge in [0.2, 0.25) is 0 Å². The zero-order chi connectivity index (χ0) is 23.6. The van der Waals surface area contributed by atoms with Crippen molar-refractivity contribution in [1.82, 2.24) is 9.97 Å². The van der Waals surface area contributed by atoms with Gasteiger partial charge in [0.1, 0.15) is 11.4 Å². The summed E-state index contributed by atoms with van der Waals surface area (Å²) in [5, 5.41) is 0. The molecule has 2 aromatic carbocycles. The first-order valence-corrected chi connectivity index (χ1v) is 11.5. The van der Waals surface area contributed by atoms with E-state index in [0.717, 1.165) is 30.5 Å². The molecule has 0 atom stereocenters. The Morgan fingerprint density at radius 3 is 2.39 bits per heavy atom. The maximum Gasteiger partial charge on any atom is 0.306 e. The fourth-order valence-electron chi connectivity index (χ4n) is 3.79. The van der Waals surface area contributed by atoms with E-state index in [2.05, 4.69) is 0 Å². The average molecular weight is 449 g/mol. The summed E-state index contributed by atoms with van der Waals surface area (Å²) in [6.07, 6.45) is 4.25. The van der Waals surface area contributed by atoms with E-state index in [-0.39, 0.29) is 23.5 Å². The summed E-state index contributed by atoms with van der Waals surface area (Å²) in [5.41, 5.74) is 3.80. The van der Waals surface area contributed by atoms with Crippen molar-refractivity contribution in [2.24, 2.45) is 5.92 Å². The number of hydrogen-bond donors (Lipinski definition) is 0. The lowest BCUT2D eigenvalue weighted by molar-refractivity contribution is -0.154. The molecule has 0 bridgehead atoms. The highest BCUT2D eigenvalue weighted by Crippen LogP contribution is 2.33. The van der Waals surface area contributed by atoms with Gasteiger partial charge in [-0.1, -0.05) is 0 Å². The van der Waals surface area contributed by atoms with Crippen molar-refractivity contribution in [2.45, 2.75) is 64.9 Å². The molecule has 4 rings (SSSR count). The number of ether oxygens (including phenoxy) is 1. The van der Waals surface area contributed by atoms with Gasteiger partial charge >= 0.3 is 5.97 Å².